The molecule has 2 fully saturated rings. The van der Waals surface area contributed by atoms with E-state index in [9.17, 15) is 72.9 Å². The van der Waals surface area contributed by atoms with E-state index in [1.807, 2.05) is 18.2 Å². The number of amides is 17. The summed E-state index contributed by atoms with van der Waals surface area (Å²) in [7, 11) is 0. The molecule has 0 unspecified atom stereocenters. The number of carbonyl (C=O) groups is 20. The van der Waals surface area contributed by atoms with Crippen LogP contribution in [0.3, 0.4) is 0 Å². The predicted molar refractivity (Wildman–Crippen MR) is 525 cm³/mol. The van der Waals surface area contributed by atoms with Crippen molar-refractivity contribution in [2.45, 2.75) is 272 Å². The fourth-order valence-electron chi connectivity index (χ4n) is 18.4. The number of rotatable bonds is 24. The SMILES string of the molecule is CC(=O)N1CCC[C@]12C/C=C\CCC[C@]1(CCC/C=C/CCCOC(=O)N3CC[C@@](C(=O)N[C@@H](Cc4ccsc4)C(=O)N[C@@H](Cc4csc5ccccc45)C(=O)N[C@@H](CCC(N)=O)C(N)=O)(C3)NC(=O)[C@@H]3Cc4cn(nn4)CCCC[C@H](NC(=O)CNC(=O)[C@H](Cc4cccc(C(=O)O)c4)NC(=O)[C@H](CC(=O)O)NC1=O)C(=O)N[C@@H](Cc1ccccc1)C(=O)N3)NC(=O)[C@H](CC(C)(C)C)NC(=O)[C@H](CC(=O)O)NC2=O. The summed E-state index contributed by atoms with van der Waals surface area (Å²) in [5.74, 6) is -20.6. The highest BCUT2D eigenvalue weighted by molar-refractivity contribution is 7.17. The highest BCUT2D eigenvalue weighted by Crippen LogP contribution is 2.36. The molecule has 5 aliphatic heterocycles. The maximum Gasteiger partial charge on any atom is 0.409 e. The molecule has 0 saturated carbocycles. The van der Waals surface area contributed by atoms with Gasteiger partial charge in [0, 0.05) is 76.0 Å². The van der Waals surface area contributed by atoms with Crippen LogP contribution in [0.4, 0.5) is 4.79 Å². The molecule has 6 aromatic rings. The van der Waals surface area contributed by atoms with Crippen molar-refractivity contribution < 1.29 is 116 Å². The van der Waals surface area contributed by atoms with E-state index >= 15 is 38.4 Å². The number of carbonyl (C=O) groups excluding carboxylic acids is 17. The summed E-state index contributed by atoms with van der Waals surface area (Å²) in [6.07, 6.45) is 2.48. The second-order valence-electron chi connectivity index (χ2n) is 38.3. The van der Waals surface area contributed by atoms with Gasteiger partial charge >= 0.3 is 24.0 Å². The Labute approximate surface area is 843 Å². The summed E-state index contributed by atoms with van der Waals surface area (Å²) in [6, 6.07) is 5.40. The molecule has 44 nitrogen and oxygen atoms in total. The number of aryl methyl sites for hydroxylation is 1. The van der Waals surface area contributed by atoms with Crippen LogP contribution < -0.4 is 80.6 Å². The number of hydrogen-bond acceptors (Lipinski definition) is 25. The van der Waals surface area contributed by atoms with Gasteiger partial charge in [-0.25, -0.2) is 9.59 Å². The molecule has 778 valence electrons. The molecule has 8 heterocycles. The predicted octanol–water partition coefficient (Wildman–Crippen LogP) is 1.63. The van der Waals surface area contributed by atoms with Gasteiger partial charge in [-0.3, -0.25) is 91.0 Å². The largest absolute Gasteiger partial charge is 0.481 e. The Morgan fingerprint density at radius 1 is 0.579 bits per heavy atom. The van der Waals surface area contributed by atoms with Crippen LogP contribution in [0.2, 0.25) is 0 Å². The molecule has 13 atom stereocenters. The summed E-state index contributed by atoms with van der Waals surface area (Å²) >= 11 is 2.61. The minimum atomic E-state index is -2.25. The zero-order valence-corrected chi connectivity index (χ0v) is 82.7. The van der Waals surface area contributed by atoms with Crippen molar-refractivity contribution in [1.82, 2.24) is 93.9 Å². The highest BCUT2D eigenvalue weighted by Gasteiger charge is 2.53. The molecule has 11 rings (SSSR count). The van der Waals surface area contributed by atoms with E-state index in [2.05, 4.69) is 79.4 Å². The molecule has 3 aromatic heterocycles. The number of allylic oxidation sites excluding steroid dienone is 3. The smallest absolute Gasteiger partial charge is 0.409 e. The van der Waals surface area contributed by atoms with E-state index in [1.165, 1.54) is 69.6 Å². The Bertz CT molecular complexity index is 5830. The average Bonchev–Trinajstić information content (AvgIpc) is 1.65. The number of nitrogens with two attached hydrogens (primary N) is 2. The molecule has 2 saturated heterocycles. The number of ether oxygens (including phenoxy) is 1. The lowest BCUT2D eigenvalue weighted by Crippen LogP contribution is -2.67. The van der Waals surface area contributed by atoms with Gasteiger partial charge in [-0.2, -0.15) is 11.3 Å². The minimum absolute atomic E-state index is 0.00206. The van der Waals surface area contributed by atoms with Crippen LogP contribution in [0.15, 0.2) is 132 Å². The highest BCUT2D eigenvalue weighted by atomic mass is 32.1. The number of aromatic nitrogens is 3. The molecule has 0 aliphatic carbocycles. The lowest BCUT2D eigenvalue weighted by Gasteiger charge is -2.38. The summed E-state index contributed by atoms with van der Waals surface area (Å²) < 4.78 is 8.14. The first-order chi connectivity index (χ1) is 69.1. The number of primary amides is 2. The standard InChI is InChI=1S/C99H126N20O24S2/c1-58(120)119-40-23-37-99(119)36-19-9-8-18-35-97(113-90(136)75(52-96(2,3)4)109-88(134)74(51-80(125)126)112-94(99)141)34-17-7-5-6-10-21-42-143-95(142)117-41-38-98(57-117,93(140)110-70(47-61-33-43-144-55-61)85(131)107-71(48-63-56-145-76-30-15-14-28-65(63)76)86(132)104-66(81(101)127)31-32-77(100)121)114-89(135)72-49-64-54-118(116-115-64)39-20-16-29-67(83(129)106-69(84(130)108-72)45-59-24-12-11-13-25-59)103-78(122)53-102-82(128)68(46-60-26-22-27-62(44-60)91(137)138)105-87(133)73(50-79(123)124)111-92(97)139/h5-6,9,11-15,19,22,24-28,30,33,43-44,54-56,66-75H,7-8,10,16-18,20-21,23,29,31-32,34-42,45-53,57H2,1-4H3,(H2,100,121)(H2,101,127)(H,102,128)(H,103,122)(H,104,132)(H,105,133)(H,106,129)(H,107,131)(H,108,130)(H,109,134)(H,110,140)(H,111,139)(H,112,141)(H,113,136)(H,114,135)(H,123,124)(H,125,126)(H,137,138)/b6-5+,19-9-/t66-,67-,68-,69-,70-,71-,72-,73-,74-,75-,97-,98-,99-/m0/s1. The maximum absolute atomic E-state index is 16.1. The van der Waals surface area contributed by atoms with Gasteiger partial charge in [-0.1, -0.05) is 111 Å². The van der Waals surface area contributed by atoms with Gasteiger partial charge in [-0.15, -0.1) is 16.4 Å². The van der Waals surface area contributed by atoms with Gasteiger partial charge in [0.25, 0.3) is 0 Å². The monoisotopic (exact) mass is 2040 g/mol. The zero-order chi connectivity index (χ0) is 105. The van der Waals surface area contributed by atoms with Crippen LogP contribution in [0, 0.1) is 5.41 Å². The number of nitrogens with zero attached hydrogens (tertiary/aromatic N) is 5. The van der Waals surface area contributed by atoms with Gasteiger partial charge in [0.15, 0.2) is 0 Å². The molecule has 5 aliphatic rings. The first-order valence-electron chi connectivity index (χ1n) is 48.3. The molecule has 2 spiro atoms. The third-order valence-electron chi connectivity index (χ3n) is 25.9. The normalized spacial score (nSPS) is 24.4. The summed E-state index contributed by atoms with van der Waals surface area (Å²) in [5, 5.41) is 80.3. The second-order valence-corrected chi connectivity index (χ2v) is 40.0. The van der Waals surface area contributed by atoms with Crippen molar-refractivity contribution in [2.75, 3.05) is 32.8 Å². The molecule has 145 heavy (non-hydrogen) atoms. The molecule has 0 radical (unpaired) electrons. The lowest BCUT2D eigenvalue weighted by molar-refractivity contribution is -0.146. The minimum Gasteiger partial charge on any atom is -0.481 e. The van der Waals surface area contributed by atoms with Crippen molar-refractivity contribution in [2.24, 2.45) is 16.9 Å². The molecule has 20 N–H and O–H groups in total. The van der Waals surface area contributed by atoms with Crippen LogP contribution in [0.25, 0.3) is 10.1 Å². The Hall–Kier alpha value is -14.9. The molecule has 17 amide bonds. The van der Waals surface area contributed by atoms with E-state index in [-0.39, 0.29) is 165 Å². The molecular formula is C99H126N20O24S2. The van der Waals surface area contributed by atoms with Gasteiger partial charge in [-0.05, 0) is 183 Å². The first kappa shape index (κ1) is 111. The van der Waals surface area contributed by atoms with Crippen LogP contribution >= 0.6 is 22.7 Å². The Morgan fingerprint density at radius 3 is 1.88 bits per heavy atom. The molecule has 6 bridgehead atoms. The van der Waals surface area contributed by atoms with Gasteiger partial charge < -0.3 is 110 Å². The van der Waals surface area contributed by atoms with Gasteiger partial charge in [0.2, 0.25) is 94.5 Å². The summed E-state index contributed by atoms with van der Waals surface area (Å²) in [5.41, 5.74) is 5.81. The van der Waals surface area contributed by atoms with Crippen LogP contribution in [-0.4, -0.2) is 268 Å². The van der Waals surface area contributed by atoms with Crippen LogP contribution in [-0.2, 0) is 130 Å². The number of hydrogen-bond donors (Lipinski definition) is 18. The van der Waals surface area contributed by atoms with Gasteiger partial charge in [0.1, 0.15) is 77.0 Å². The Morgan fingerprint density at radius 2 is 1.21 bits per heavy atom. The van der Waals surface area contributed by atoms with E-state index in [1.54, 1.807) is 104 Å². The maximum atomic E-state index is 16.1. The Balaban J connectivity index is 0.969. The topological polar surface area (TPSA) is 657 Å². The number of thiophene rings is 2. The average molecular weight is 2040 g/mol. The van der Waals surface area contributed by atoms with Crippen LogP contribution in [0.1, 0.15) is 194 Å². The number of nitrogens with one attached hydrogen (secondary N) is 13. The number of likely N-dealkylation sites (tertiary alicyclic amines) is 1. The number of fused-ring (bicyclic) bond motifs is 11. The van der Waals surface area contributed by atoms with Crippen LogP contribution in [0.5, 0.6) is 0 Å². The zero-order valence-electron chi connectivity index (χ0n) is 81.0. The number of aromatic carboxylic acids is 1. The van der Waals surface area contributed by atoms with Crippen molar-refractivity contribution >= 4 is 151 Å². The third kappa shape index (κ3) is 31.6. The molecule has 46 heteroatoms. The number of carboxylic acid groups (broad SMARTS) is 3. The first-order valence-corrected chi connectivity index (χ1v) is 50.1. The second kappa shape index (κ2) is 51.4. The number of aliphatic carboxylic acids is 2. The van der Waals surface area contributed by atoms with E-state index in [4.69, 9.17) is 16.2 Å². The van der Waals surface area contributed by atoms with Crippen molar-refractivity contribution in [1.29, 1.82) is 0 Å². The van der Waals surface area contributed by atoms with E-state index in [0.717, 1.165) is 15.0 Å². The quantitative estimate of drug-likeness (QED) is 0.0383. The molecule has 3 aromatic carbocycles. The fourth-order valence-corrected chi connectivity index (χ4v) is 20.0. The molecular weight excluding hydrogens is 1920 g/mol. The number of cyclic esters (lactones) is 1. The summed E-state index contributed by atoms with van der Waals surface area (Å²) in [4.78, 5) is 293. The van der Waals surface area contributed by atoms with Crippen molar-refractivity contribution in [3.8, 4) is 0 Å². The summed E-state index contributed by atoms with van der Waals surface area (Å²) in [6.45, 7) is 4.43. The number of carboxylic acids is 3. The fraction of sp³-hybridized carbons (Fsp3) is 0.495. The van der Waals surface area contributed by atoms with Crippen molar-refractivity contribution in [3.05, 3.63) is 165 Å². The van der Waals surface area contributed by atoms with Crippen molar-refractivity contribution in [3.63, 3.8) is 0 Å². The Kier molecular flexibility index (Phi) is 39.2. The van der Waals surface area contributed by atoms with E-state index in [0.29, 0.717) is 23.1 Å². The van der Waals surface area contributed by atoms with Gasteiger partial charge in [0.05, 0.1) is 43.8 Å². The number of benzene rings is 3. The third-order valence-corrected chi connectivity index (χ3v) is 27.7. The lowest BCUT2D eigenvalue weighted by atomic mass is 9.83. The van der Waals surface area contributed by atoms with E-state index < -0.39 is 246 Å².